The molecule has 0 bridgehead atoms. The van der Waals surface area contributed by atoms with E-state index in [2.05, 4.69) is 15.3 Å². The van der Waals surface area contributed by atoms with E-state index in [4.69, 9.17) is 11.6 Å². The zero-order chi connectivity index (χ0) is 19.6. The largest absolute Gasteiger partial charge is 0.416 e. The highest BCUT2D eigenvalue weighted by Crippen LogP contribution is 2.34. The van der Waals surface area contributed by atoms with Crippen molar-refractivity contribution in [3.8, 4) is 0 Å². The van der Waals surface area contributed by atoms with Gasteiger partial charge in [-0.05, 0) is 25.1 Å². The minimum Gasteiger partial charge on any atom is -0.353 e. The summed E-state index contributed by atoms with van der Waals surface area (Å²) in [5, 5.41) is 2.91. The molecule has 2 heterocycles. The molecule has 0 aliphatic carbocycles. The Morgan fingerprint density at radius 3 is 2.48 bits per heavy atom. The van der Waals surface area contributed by atoms with Gasteiger partial charge in [0.2, 0.25) is 12.4 Å². The number of alkyl halides is 3. The van der Waals surface area contributed by atoms with E-state index >= 15 is 0 Å². The van der Waals surface area contributed by atoms with E-state index in [9.17, 15) is 18.0 Å². The fraction of sp³-hybridized carbons (Fsp3) is 0.353. The summed E-state index contributed by atoms with van der Waals surface area (Å²) in [5.74, 6) is 0.794. The fourth-order valence-electron chi connectivity index (χ4n) is 2.74. The Kier molecular flexibility index (Phi) is 5.41. The molecule has 1 amide bonds. The second-order valence-electron chi connectivity index (χ2n) is 6.14. The number of nitrogens with one attached hydrogen (secondary N) is 1. The lowest BCUT2D eigenvalue weighted by molar-refractivity contribution is -0.137. The molecule has 2 aromatic rings. The number of rotatable bonds is 4. The first-order chi connectivity index (χ1) is 12.8. The molecule has 0 saturated carbocycles. The monoisotopic (exact) mass is 399 g/mol. The number of aromatic nitrogens is 2. The lowest BCUT2D eigenvalue weighted by Crippen LogP contribution is -2.46. The number of anilines is 3. The summed E-state index contributed by atoms with van der Waals surface area (Å²) in [6.07, 6.45) is -3.66. The highest BCUT2D eigenvalue weighted by molar-refractivity contribution is 6.33. The third-order valence-corrected chi connectivity index (χ3v) is 4.50. The van der Waals surface area contributed by atoms with Crippen molar-refractivity contribution >= 4 is 35.5 Å². The molecule has 1 aliphatic rings. The van der Waals surface area contributed by atoms with Crippen molar-refractivity contribution in [1.29, 1.82) is 0 Å². The van der Waals surface area contributed by atoms with Gasteiger partial charge in [-0.3, -0.25) is 4.79 Å². The Labute approximate surface area is 159 Å². The summed E-state index contributed by atoms with van der Waals surface area (Å²) < 4.78 is 38.8. The second-order valence-corrected chi connectivity index (χ2v) is 6.54. The topological polar surface area (TPSA) is 61.4 Å². The highest BCUT2D eigenvalue weighted by Gasteiger charge is 2.31. The van der Waals surface area contributed by atoms with Crippen LogP contribution in [0.3, 0.4) is 0 Å². The number of amides is 1. The van der Waals surface area contributed by atoms with Gasteiger partial charge in [-0.2, -0.15) is 18.2 Å². The van der Waals surface area contributed by atoms with Crippen LogP contribution >= 0.6 is 11.6 Å². The molecule has 27 heavy (non-hydrogen) atoms. The van der Waals surface area contributed by atoms with Crippen molar-refractivity contribution in [2.24, 2.45) is 0 Å². The molecule has 0 atom stereocenters. The third-order valence-electron chi connectivity index (χ3n) is 4.17. The summed E-state index contributed by atoms with van der Waals surface area (Å²) in [4.78, 5) is 23.1. The average molecular weight is 400 g/mol. The van der Waals surface area contributed by atoms with Gasteiger partial charge < -0.3 is 15.1 Å². The zero-order valence-corrected chi connectivity index (χ0v) is 15.2. The molecule has 1 saturated heterocycles. The number of benzene rings is 1. The maximum absolute atomic E-state index is 12.9. The molecule has 144 valence electrons. The molecule has 0 unspecified atom stereocenters. The number of hydrogen-bond donors (Lipinski definition) is 1. The average Bonchev–Trinajstić information content (AvgIpc) is 2.62. The molecule has 10 heteroatoms. The molecule has 0 spiro atoms. The number of hydrogen-bond acceptors (Lipinski definition) is 5. The van der Waals surface area contributed by atoms with Gasteiger partial charge >= 0.3 is 6.18 Å². The Morgan fingerprint density at radius 2 is 1.85 bits per heavy atom. The van der Waals surface area contributed by atoms with Crippen LogP contribution in [0.15, 0.2) is 24.3 Å². The Morgan fingerprint density at radius 1 is 1.15 bits per heavy atom. The molecule has 0 radical (unpaired) electrons. The van der Waals surface area contributed by atoms with Crippen molar-refractivity contribution < 1.29 is 18.0 Å². The van der Waals surface area contributed by atoms with E-state index in [1.165, 1.54) is 6.07 Å². The molecule has 1 aromatic carbocycles. The Hall–Kier alpha value is -2.55. The van der Waals surface area contributed by atoms with Gasteiger partial charge in [-0.25, -0.2) is 4.98 Å². The van der Waals surface area contributed by atoms with Crippen molar-refractivity contribution in [1.82, 2.24) is 14.9 Å². The summed E-state index contributed by atoms with van der Waals surface area (Å²) in [7, 11) is 0. The normalized spacial score (nSPS) is 15.0. The molecule has 1 N–H and O–H groups in total. The number of halogens is 4. The van der Waals surface area contributed by atoms with Crippen LogP contribution in [-0.2, 0) is 11.0 Å². The van der Waals surface area contributed by atoms with E-state index < -0.39 is 11.7 Å². The van der Waals surface area contributed by atoms with Gasteiger partial charge in [0.15, 0.2) is 0 Å². The Bertz CT molecular complexity index is 838. The van der Waals surface area contributed by atoms with Crippen molar-refractivity contribution in [2.75, 3.05) is 36.4 Å². The minimum atomic E-state index is -4.47. The van der Waals surface area contributed by atoms with Gasteiger partial charge in [-0.1, -0.05) is 11.6 Å². The van der Waals surface area contributed by atoms with Crippen LogP contribution in [0.1, 0.15) is 11.3 Å². The molecule has 3 rings (SSSR count). The first-order valence-electron chi connectivity index (χ1n) is 8.20. The van der Waals surface area contributed by atoms with Gasteiger partial charge in [0, 0.05) is 37.9 Å². The van der Waals surface area contributed by atoms with E-state index in [1.807, 2.05) is 4.90 Å². The maximum atomic E-state index is 12.9. The lowest BCUT2D eigenvalue weighted by Gasteiger charge is -2.33. The minimum absolute atomic E-state index is 0.0776. The van der Waals surface area contributed by atoms with Crippen LogP contribution < -0.4 is 10.2 Å². The second kappa shape index (κ2) is 7.59. The van der Waals surface area contributed by atoms with Crippen LogP contribution in [0.5, 0.6) is 0 Å². The predicted octanol–water partition coefficient (Wildman–Crippen LogP) is 3.48. The van der Waals surface area contributed by atoms with Crippen molar-refractivity contribution in [3.05, 3.63) is 40.5 Å². The summed E-state index contributed by atoms with van der Waals surface area (Å²) in [6, 6.07) is 4.82. The number of carbonyl (C=O) groups excluding carboxylic acids is 1. The standard InChI is InChI=1S/C17H17ClF3N5O/c1-11-8-15(26-6-4-25(10-27)5-7-26)24-16(22-11)23-14-9-12(17(19,20)21)2-3-13(14)18/h2-3,8-10H,4-7H2,1H3,(H,22,23,24). The van der Waals surface area contributed by atoms with Gasteiger partial charge in [0.05, 0.1) is 16.3 Å². The Balaban J connectivity index is 1.84. The number of carbonyl (C=O) groups is 1. The van der Waals surface area contributed by atoms with Crippen LogP contribution in [0.25, 0.3) is 0 Å². The fourth-order valence-corrected chi connectivity index (χ4v) is 2.91. The maximum Gasteiger partial charge on any atom is 0.416 e. The lowest BCUT2D eigenvalue weighted by atomic mass is 10.2. The first-order valence-corrected chi connectivity index (χ1v) is 8.58. The van der Waals surface area contributed by atoms with E-state index in [0.29, 0.717) is 37.7 Å². The first kappa shape index (κ1) is 19.2. The van der Waals surface area contributed by atoms with Crippen molar-refractivity contribution in [2.45, 2.75) is 13.1 Å². The van der Waals surface area contributed by atoms with Gasteiger partial charge in [0.1, 0.15) is 5.82 Å². The molecule has 1 aromatic heterocycles. The SMILES string of the molecule is Cc1cc(N2CCN(C=O)CC2)nc(Nc2cc(C(F)(F)F)ccc2Cl)n1. The van der Waals surface area contributed by atoms with Gasteiger partial charge in [-0.15, -0.1) is 0 Å². The van der Waals surface area contributed by atoms with Gasteiger partial charge in [0.25, 0.3) is 0 Å². The summed E-state index contributed by atoms with van der Waals surface area (Å²) >= 11 is 6.02. The predicted molar refractivity (Wildman–Crippen MR) is 96.4 cm³/mol. The molecule has 6 nitrogen and oxygen atoms in total. The number of piperazine rings is 1. The highest BCUT2D eigenvalue weighted by atomic mass is 35.5. The molecule has 1 fully saturated rings. The van der Waals surface area contributed by atoms with Crippen LogP contribution in [0.4, 0.5) is 30.6 Å². The number of nitrogens with zero attached hydrogens (tertiary/aromatic N) is 4. The van der Waals surface area contributed by atoms with E-state index in [0.717, 1.165) is 18.5 Å². The third kappa shape index (κ3) is 4.60. The summed E-state index contributed by atoms with van der Waals surface area (Å²) in [5.41, 5.74) is -0.0792. The quantitative estimate of drug-likeness (QED) is 0.797. The van der Waals surface area contributed by atoms with Crippen molar-refractivity contribution in [3.63, 3.8) is 0 Å². The van der Waals surface area contributed by atoms with E-state index in [-0.39, 0.29) is 16.7 Å². The zero-order valence-electron chi connectivity index (χ0n) is 14.4. The van der Waals surface area contributed by atoms with Crippen LogP contribution in [-0.4, -0.2) is 47.5 Å². The molecular formula is C17H17ClF3N5O. The summed E-state index contributed by atoms with van der Waals surface area (Å²) in [6.45, 7) is 4.15. The molecule has 1 aliphatic heterocycles. The molecular weight excluding hydrogens is 383 g/mol. The van der Waals surface area contributed by atoms with E-state index in [1.54, 1.807) is 17.9 Å². The van der Waals surface area contributed by atoms with Crippen LogP contribution in [0.2, 0.25) is 5.02 Å². The number of aryl methyl sites for hydroxylation is 1. The smallest absolute Gasteiger partial charge is 0.353 e. The van der Waals surface area contributed by atoms with Crippen LogP contribution in [0, 0.1) is 6.92 Å².